The van der Waals surface area contributed by atoms with Crippen LogP contribution in [0.15, 0.2) is 18.2 Å². The standard InChI is InChI=1S/C14H17NO4/c1-2-3-12(16)15-13(14(17)18)10-4-5-11-9(8-10)6-7-19-11/h4-5,8,13H,2-3,6-7H2,1H3,(H,15,16)(H,17,18). The lowest BCUT2D eigenvalue weighted by atomic mass is 10.0. The maximum atomic E-state index is 11.6. The van der Waals surface area contributed by atoms with Gasteiger partial charge in [0.05, 0.1) is 6.61 Å². The molecule has 1 aliphatic rings. The van der Waals surface area contributed by atoms with Crippen molar-refractivity contribution in [3.8, 4) is 5.75 Å². The fraction of sp³-hybridized carbons (Fsp3) is 0.429. The van der Waals surface area contributed by atoms with Gasteiger partial charge >= 0.3 is 5.97 Å². The van der Waals surface area contributed by atoms with E-state index in [-0.39, 0.29) is 5.91 Å². The van der Waals surface area contributed by atoms with Crippen LogP contribution in [0.25, 0.3) is 0 Å². The van der Waals surface area contributed by atoms with Gasteiger partial charge in [-0.05, 0) is 29.7 Å². The number of amides is 1. The Labute approximate surface area is 111 Å². The molecule has 0 aliphatic carbocycles. The van der Waals surface area contributed by atoms with Crippen molar-refractivity contribution >= 4 is 11.9 Å². The zero-order valence-electron chi connectivity index (χ0n) is 10.8. The number of carbonyl (C=O) groups excluding carboxylic acids is 1. The normalized spacial score (nSPS) is 14.4. The summed E-state index contributed by atoms with van der Waals surface area (Å²) < 4.78 is 5.38. The van der Waals surface area contributed by atoms with Gasteiger partial charge in [-0.15, -0.1) is 0 Å². The Morgan fingerprint density at radius 3 is 2.95 bits per heavy atom. The van der Waals surface area contributed by atoms with Crippen LogP contribution >= 0.6 is 0 Å². The molecule has 0 aromatic heterocycles. The fourth-order valence-electron chi connectivity index (χ4n) is 2.13. The minimum Gasteiger partial charge on any atom is -0.493 e. The summed E-state index contributed by atoms with van der Waals surface area (Å²) in [6, 6.07) is 4.26. The predicted octanol–water partition coefficient (Wildman–Crippen LogP) is 1.66. The average molecular weight is 263 g/mol. The summed E-state index contributed by atoms with van der Waals surface area (Å²) in [5.41, 5.74) is 1.58. The Morgan fingerprint density at radius 2 is 2.26 bits per heavy atom. The van der Waals surface area contributed by atoms with Crippen molar-refractivity contribution in [1.82, 2.24) is 5.32 Å². The molecular formula is C14H17NO4. The second kappa shape index (κ2) is 5.73. The molecule has 1 aromatic carbocycles. The molecule has 1 aliphatic heterocycles. The van der Waals surface area contributed by atoms with Crippen LogP contribution in [0.1, 0.15) is 36.9 Å². The molecule has 1 heterocycles. The lowest BCUT2D eigenvalue weighted by molar-refractivity contribution is -0.142. The van der Waals surface area contributed by atoms with Crippen molar-refractivity contribution in [2.24, 2.45) is 0 Å². The summed E-state index contributed by atoms with van der Waals surface area (Å²) in [6.45, 7) is 2.50. The van der Waals surface area contributed by atoms with Gasteiger partial charge in [0.15, 0.2) is 6.04 Å². The van der Waals surface area contributed by atoms with Gasteiger partial charge in [-0.25, -0.2) is 4.79 Å². The van der Waals surface area contributed by atoms with Crippen molar-refractivity contribution < 1.29 is 19.4 Å². The Balaban J connectivity index is 2.19. The highest BCUT2D eigenvalue weighted by Crippen LogP contribution is 2.28. The number of rotatable bonds is 5. The highest BCUT2D eigenvalue weighted by atomic mass is 16.5. The molecule has 2 rings (SSSR count). The Bertz CT molecular complexity index is 498. The first kappa shape index (κ1) is 13.4. The second-order valence-electron chi connectivity index (χ2n) is 4.55. The first-order chi connectivity index (χ1) is 9.11. The van der Waals surface area contributed by atoms with Crippen molar-refractivity contribution in [3.05, 3.63) is 29.3 Å². The molecule has 0 bridgehead atoms. The van der Waals surface area contributed by atoms with Crippen LogP contribution in [0.4, 0.5) is 0 Å². The van der Waals surface area contributed by atoms with Crippen LogP contribution in [0.2, 0.25) is 0 Å². The third kappa shape index (κ3) is 3.05. The third-order valence-corrected chi connectivity index (χ3v) is 3.08. The maximum Gasteiger partial charge on any atom is 0.330 e. The fourth-order valence-corrected chi connectivity index (χ4v) is 2.13. The van der Waals surface area contributed by atoms with E-state index < -0.39 is 12.0 Å². The van der Waals surface area contributed by atoms with Crippen LogP contribution in [0, 0.1) is 0 Å². The molecular weight excluding hydrogens is 246 g/mol. The molecule has 0 saturated carbocycles. The molecule has 1 unspecified atom stereocenters. The van der Waals surface area contributed by atoms with Crippen molar-refractivity contribution in [1.29, 1.82) is 0 Å². The SMILES string of the molecule is CCCC(=O)NC(C(=O)O)c1ccc2c(c1)CCO2. The molecule has 19 heavy (non-hydrogen) atoms. The van der Waals surface area contributed by atoms with E-state index >= 15 is 0 Å². The van der Waals surface area contributed by atoms with Gasteiger partial charge in [0.2, 0.25) is 5.91 Å². The summed E-state index contributed by atoms with van der Waals surface area (Å²) in [7, 11) is 0. The van der Waals surface area contributed by atoms with E-state index in [0.29, 0.717) is 25.0 Å². The molecule has 0 saturated heterocycles. The second-order valence-corrected chi connectivity index (χ2v) is 4.55. The minimum absolute atomic E-state index is 0.244. The zero-order chi connectivity index (χ0) is 13.8. The van der Waals surface area contributed by atoms with Crippen molar-refractivity contribution in [2.75, 3.05) is 6.61 Å². The van der Waals surface area contributed by atoms with Gasteiger partial charge in [0.1, 0.15) is 5.75 Å². The molecule has 5 nitrogen and oxygen atoms in total. The van der Waals surface area contributed by atoms with E-state index in [9.17, 15) is 14.7 Å². The lowest BCUT2D eigenvalue weighted by Gasteiger charge is -2.15. The summed E-state index contributed by atoms with van der Waals surface area (Å²) in [5, 5.41) is 11.8. The number of benzene rings is 1. The van der Waals surface area contributed by atoms with E-state index in [0.717, 1.165) is 17.7 Å². The van der Waals surface area contributed by atoms with Gasteiger partial charge in [-0.3, -0.25) is 4.79 Å². The van der Waals surface area contributed by atoms with Crippen molar-refractivity contribution in [2.45, 2.75) is 32.2 Å². The Hall–Kier alpha value is -2.04. The minimum atomic E-state index is -1.05. The van der Waals surface area contributed by atoms with E-state index in [4.69, 9.17) is 4.74 Å². The smallest absolute Gasteiger partial charge is 0.330 e. The highest BCUT2D eigenvalue weighted by molar-refractivity contribution is 5.84. The molecule has 1 aromatic rings. The molecule has 2 N–H and O–H groups in total. The Morgan fingerprint density at radius 1 is 1.47 bits per heavy atom. The Kier molecular flexibility index (Phi) is 4.04. The van der Waals surface area contributed by atoms with Crippen LogP contribution in [0.3, 0.4) is 0 Å². The molecule has 5 heteroatoms. The van der Waals surface area contributed by atoms with Gasteiger partial charge in [0, 0.05) is 12.8 Å². The lowest BCUT2D eigenvalue weighted by Crippen LogP contribution is -2.33. The van der Waals surface area contributed by atoms with Crippen LogP contribution < -0.4 is 10.1 Å². The van der Waals surface area contributed by atoms with Crippen LogP contribution in [-0.2, 0) is 16.0 Å². The molecule has 1 amide bonds. The third-order valence-electron chi connectivity index (χ3n) is 3.08. The van der Waals surface area contributed by atoms with Gasteiger partial charge in [-0.1, -0.05) is 13.0 Å². The maximum absolute atomic E-state index is 11.6. The van der Waals surface area contributed by atoms with Crippen LogP contribution in [0.5, 0.6) is 5.75 Å². The first-order valence-electron chi connectivity index (χ1n) is 6.39. The van der Waals surface area contributed by atoms with E-state index in [1.54, 1.807) is 18.2 Å². The quantitative estimate of drug-likeness (QED) is 0.847. The van der Waals surface area contributed by atoms with E-state index in [1.165, 1.54) is 0 Å². The number of fused-ring (bicyclic) bond motifs is 1. The van der Waals surface area contributed by atoms with E-state index in [2.05, 4.69) is 5.32 Å². The predicted molar refractivity (Wildman–Crippen MR) is 69.1 cm³/mol. The summed E-state index contributed by atoms with van der Waals surface area (Å²) in [4.78, 5) is 22.9. The zero-order valence-corrected chi connectivity index (χ0v) is 10.8. The monoisotopic (exact) mass is 263 g/mol. The van der Waals surface area contributed by atoms with Crippen LogP contribution in [-0.4, -0.2) is 23.6 Å². The number of aliphatic carboxylic acids is 1. The number of carboxylic acid groups (broad SMARTS) is 1. The molecule has 1 atom stereocenters. The number of carbonyl (C=O) groups is 2. The number of nitrogens with one attached hydrogen (secondary N) is 1. The molecule has 0 spiro atoms. The number of carboxylic acids is 1. The number of ether oxygens (including phenoxy) is 1. The number of hydrogen-bond donors (Lipinski definition) is 2. The van der Waals surface area contributed by atoms with Gasteiger partial charge in [-0.2, -0.15) is 0 Å². The number of hydrogen-bond acceptors (Lipinski definition) is 3. The summed E-state index contributed by atoms with van der Waals surface area (Å²) in [6.07, 6.45) is 1.80. The first-order valence-corrected chi connectivity index (χ1v) is 6.39. The summed E-state index contributed by atoms with van der Waals surface area (Å²) in [5.74, 6) is -0.497. The van der Waals surface area contributed by atoms with Crippen molar-refractivity contribution in [3.63, 3.8) is 0 Å². The molecule has 0 fully saturated rings. The summed E-state index contributed by atoms with van der Waals surface area (Å²) >= 11 is 0. The highest BCUT2D eigenvalue weighted by Gasteiger charge is 2.23. The topological polar surface area (TPSA) is 75.6 Å². The van der Waals surface area contributed by atoms with Gasteiger partial charge in [0.25, 0.3) is 0 Å². The van der Waals surface area contributed by atoms with Gasteiger partial charge < -0.3 is 15.2 Å². The average Bonchev–Trinajstić information content (AvgIpc) is 2.83. The molecule has 102 valence electrons. The van der Waals surface area contributed by atoms with E-state index in [1.807, 2.05) is 6.92 Å². The molecule has 0 radical (unpaired) electrons. The largest absolute Gasteiger partial charge is 0.493 e.